The first-order valence-corrected chi connectivity index (χ1v) is 11.3. The average Bonchev–Trinajstić information content (AvgIpc) is 3.08. The molecule has 0 aromatic carbocycles. The van der Waals surface area contributed by atoms with Crippen LogP contribution in [0, 0.1) is 22.7 Å². The van der Waals surface area contributed by atoms with Crippen LogP contribution in [0.15, 0.2) is 23.8 Å². The monoisotopic (exact) mass is 450 g/mol. The topological polar surface area (TPSA) is 130 Å². The van der Waals surface area contributed by atoms with Gasteiger partial charge < -0.3 is 24.8 Å². The van der Waals surface area contributed by atoms with Gasteiger partial charge in [0.15, 0.2) is 6.10 Å². The molecule has 0 bridgehead atoms. The Morgan fingerprint density at radius 3 is 2.66 bits per heavy atom. The number of fused-ring (bicyclic) bond motifs is 1. The summed E-state index contributed by atoms with van der Waals surface area (Å²) in [6.45, 7) is 8.25. The molecular weight excluding hydrogens is 416 g/mol. The third-order valence-corrected chi connectivity index (χ3v) is 8.03. The van der Waals surface area contributed by atoms with Gasteiger partial charge in [-0.15, -0.1) is 0 Å². The van der Waals surface area contributed by atoms with Crippen LogP contribution in [0.1, 0.15) is 58.8 Å². The number of carboxylic acids is 1. The molecule has 0 aromatic rings. The highest BCUT2D eigenvalue weighted by atomic mass is 16.6. The lowest BCUT2D eigenvalue weighted by Gasteiger charge is -2.59. The number of carbonyl (C=O) groups excluding carboxylic acids is 2. The molecule has 2 saturated carbocycles. The van der Waals surface area contributed by atoms with Gasteiger partial charge in [-0.1, -0.05) is 32.1 Å². The molecule has 3 N–H and O–H groups in total. The van der Waals surface area contributed by atoms with E-state index in [0.29, 0.717) is 12.8 Å². The fourth-order valence-corrected chi connectivity index (χ4v) is 6.08. The molecule has 8 heteroatoms. The second-order valence-corrected chi connectivity index (χ2v) is 9.89. The molecule has 3 unspecified atom stereocenters. The van der Waals surface area contributed by atoms with Gasteiger partial charge in [-0.3, -0.25) is 9.59 Å². The van der Waals surface area contributed by atoms with E-state index in [2.05, 4.69) is 13.5 Å². The Morgan fingerprint density at radius 1 is 1.28 bits per heavy atom. The lowest BCUT2D eigenvalue weighted by molar-refractivity contribution is -0.151. The molecule has 1 saturated heterocycles. The van der Waals surface area contributed by atoms with E-state index >= 15 is 0 Å². The summed E-state index contributed by atoms with van der Waals surface area (Å²) >= 11 is 0. The van der Waals surface area contributed by atoms with Crippen LogP contribution >= 0.6 is 0 Å². The number of hydrogen-bond acceptors (Lipinski definition) is 7. The second kappa shape index (κ2) is 9.35. The van der Waals surface area contributed by atoms with Crippen molar-refractivity contribution in [3.05, 3.63) is 23.8 Å². The van der Waals surface area contributed by atoms with Crippen LogP contribution in [0.25, 0.3) is 0 Å². The molecule has 3 aliphatic rings. The number of ether oxygens (including phenoxy) is 2. The Hall–Kier alpha value is -2.19. The van der Waals surface area contributed by atoms with Gasteiger partial charge in [0.2, 0.25) is 0 Å². The van der Waals surface area contributed by atoms with Crippen LogP contribution < -0.4 is 0 Å². The summed E-state index contributed by atoms with van der Waals surface area (Å²) in [7, 11) is 0. The number of allylic oxidation sites excluding steroid dienone is 2. The first-order chi connectivity index (χ1) is 15.0. The van der Waals surface area contributed by atoms with Gasteiger partial charge in [-0.2, -0.15) is 0 Å². The van der Waals surface area contributed by atoms with Crippen LogP contribution in [-0.4, -0.2) is 58.6 Å². The molecule has 1 heterocycles. The normalized spacial score (nSPS) is 38.3. The maximum atomic E-state index is 12.3. The van der Waals surface area contributed by atoms with E-state index in [-0.39, 0.29) is 48.9 Å². The predicted octanol–water partition coefficient (Wildman–Crippen LogP) is 2.38. The minimum atomic E-state index is -1.09. The maximum absolute atomic E-state index is 12.3. The highest BCUT2D eigenvalue weighted by Crippen LogP contribution is 2.61. The smallest absolute Gasteiger partial charge is 0.337 e. The zero-order chi connectivity index (χ0) is 23.7. The van der Waals surface area contributed by atoms with Gasteiger partial charge in [0.05, 0.1) is 31.1 Å². The zero-order valence-corrected chi connectivity index (χ0v) is 18.8. The van der Waals surface area contributed by atoms with Crippen molar-refractivity contribution < 1.29 is 39.2 Å². The number of carbonyl (C=O) groups is 3. The van der Waals surface area contributed by atoms with Gasteiger partial charge in [-0.05, 0) is 49.4 Å². The number of aliphatic carboxylic acids is 1. The number of aliphatic hydroxyl groups excluding tert-OH is 2. The van der Waals surface area contributed by atoms with E-state index < -0.39 is 35.5 Å². The van der Waals surface area contributed by atoms with Crippen LogP contribution in [0.5, 0.6) is 0 Å². The fourth-order valence-electron chi connectivity index (χ4n) is 6.08. The Labute approximate surface area is 188 Å². The van der Waals surface area contributed by atoms with Crippen molar-refractivity contribution in [2.75, 3.05) is 13.2 Å². The molecular formula is C24H34O8. The van der Waals surface area contributed by atoms with E-state index in [1.165, 1.54) is 0 Å². The standard InChI is InChI=1S/C24H34O8/c1-14-4-7-18-23(2,11-10-19(26)24(18,3)13-25)16(14)6-5-15-17(12-31-22(15)30)32-21(29)9-8-20(27)28/h5,16-19,25-26H,1,4,6-13H2,2-3H3,(H,27,28)/b15-5+/t16?,17?,18?,19-,23-,24+/m1/s1. The van der Waals surface area contributed by atoms with Gasteiger partial charge in [0.25, 0.3) is 0 Å². The third-order valence-electron chi connectivity index (χ3n) is 8.03. The molecule has 32 heavy (non-hydrogen) atoms. The summed E-state index contributed by atoms with van der Waals surface area (Å²) in [5.41, 5.74) is 0.568. The van der Waals surface area contributed by atoms with Crippen molar-refractivity contribution in [2.24, 2.45) is 22.7 Å². The SMILES string of the molecule is C=C1CCC2[C@](C)(CC[C@@H](O)[C@@]2(C)CO)C1C/C=C1/C(=O)OCC1OC(=O)CCC(=O)O. The summed E-state index contributed by atoms with van der Waals surface area (Å²) in [6, 6.07) is 0. The molecule has 0 spiro atoms. The molecule has 2 aliphatic carbocycles. The first-order valence-electron chi connectivity index (χ1n) is 11.3. The number of esters is 2. The largest absolute Gasteiger partial charge is 0.481 e. The van der Waals surface area contributed by atoms with Crippen molar-refractivity contribution in [3.8, 4) is 0 Å². The number of hydrogen-bond donors (Lipinski definition) is 3. The lowest BCUT2D eigenvalue weighted by atomic mass is 9.46. The highest BCUT2D eigenvalue weighted by molar-refractivity contribution is 5.92. The first kappa shape index (κ1) is 24.5. The molecule has 6 atom stereocenters. The summed E-state index contributed by atoms with van der Waals surface area (Å²) in [5.74, 6) is -2.16. The molecule has 0 radical (unpaired) electrons. The summed E-state index contributed by atoms with van der Waals surface area (Å²) in [5, 5.41) is 29.5. The van der Waals surface area contributed by atoms with Gasteiger partial charge in [-0.25, -0.2) is 4.79 Å². The van der Waals surface area contributed by atoms with Crippen molar-refractivity contribution in [3.63, 3.8) is 0 Å². The van der Waals surface area contributed by atoms with E-state index in [1.54, 1.807) is 6.08 Å². The van der Waals surface area contributed by atoms with Crippen LogP contribution in [0.3, 0.4) is 0 Å². The van der Waals surface area contributed by atoms with Crippen LogP contribution in [-0.2, 0) is 23.9 Å². The zero-order valence-electron chi connectivity index (χ0n) is 18.8. The van der Waals surface area contributed by atoms with Gasteiger partial charge in [0, 0.05) is 5.41 Å². The lowest BCUT2D eigenvalue weighted by Crippen LogP contribution is -2.57. The van der Waals surface area contributed by atoms with Crippen molar-refractivity contribution in [1.29, 1.82) is 0 Å². The van der Waals surface area contributed by atoms with Crippen molar-refractivity contribution in [1.82, 2.24) is 0 Å². The van der Waals surface area contributed by atoms with Gasteiger partial charge >= 0.3 is 17.9 Å². The van der Waals surface area contributed by atoms with E-state index in [4.69, 9.17) is 14.6 Å². The molecule has 3 rings (SSSR count). The van der Waals surface area contributed by atoms with E-state index in [0.717, 1.165) is 24.8 Å². The Balaban J connectivity index is 1.78. The Morgan fingerprint density at radius 2 is 2.00 bits per heavy atom. The average molecular weight is 451 g/mol. The third kappa shape index (κ3) is 4.48. The minimum absolute atomic E-state index is 0.0453. The van der Waals surface area contributed by atoms with Gasteiger partial charge in [0.1, 0.15) is 6.61 Å². The number of rotatable bonds is 7. The Kier molecular flexibility index (Phi) is 7.15. The molecule has 1 aliphatic heterocycles. The van der Waals surface area contributed by atoms with Crippen molar-refractivity contribution >= 4 is 17.9 Å². The highest BCUT2D eigenvalue weighted by Gasteiger charge is 2.57. The van der Waals surface area contributed by atoms with Crippen LogP contribution in [0.4, 0.5) is 0 Å². The molecule has 3 fully saturated rings. The molecule has 178 valence electrons. The summed E-state index contributed by atoms with van der Waals surface area (Å²) in [4.78, 5) is 34.9. The summed E-state index contributed by atoms with van der Waals surface area (Å²) < 4.78 is 10.4. The second-order valence-electron chi connectivity index (χ2n) is 9.89. The quantitative estimate of drug-likeness (QED) is 0.306. The summed E-state index contributed by atoms with van der Waals surface area (Å²) in [6.07, 6.45) is 3.28. The maximum Gasteiger partial charge on any atom is 0.337 e. The molecule has 8 nitrogen and oxygen atoms in total. The number of carboxylic acid groups (broad SMARTS) is 1. The fraction of sp³-hybridized carbons (Fsp3) is 0.708. The molecule has 0 amide bonds. The Bertz CT molecular complexity index is 817. The number of cyclic esters (lactones) is 1. The predicted molar refractivity (Wildman–Crippen MR) is 114 cm³/mol. The van der Waals surface area contributed by atoms with E-state index in [1.807, 2.05) is 6.92 Å². The number of aliphatic hydroxyl groups is 2. The minimum Gasteiger partial charge on any atom is -0.481 e. The van der Waals surface area contributed by atoms with Crippen LogP contribution in [0.2, 0.25) is 0 Å². The van der Waals surface area contributed by atoms with Crippen molar-refractivity contribution in [2.45, 2.75) is 71.0 Å². The molecule has 0 aromatic heterocycles. The van der Waals surface area contributed by atoms with E-state index in [9.17, 15) is 24.6 Å².